The Morgan fingerprint density at radius 3 is 2.43 bits per heavy atom. The lowest BCUT2D eigenvalue weighted by atomic mass is 9.88. The predicted molar refractivity (Wildman–Crippen MR) is 161 cm³/mol. The minimum Gasteiger partial charge on any atom is -0.475 e. The highest BCUT2D eigenvalue weighted by atomic mass is 35.5. The number of carboxylic acids is 1. The summed E-state index contributed by atoms with van der Waals surface area (Å²) in [6, 6.07) is 12.6. The summed E-state index contributed by atoms with van der Waals surface area (Å²) < 4.78 is 31.7. The lowest BCUT2D eigenvalue weighted by molar-refractivity contribution is -0.192. The molecule has 3 atom stereocenters. The molecule has 44 heavy (non-hydrogen) atoms. The van der Waals surface area contributed by atoms with Crippen molar-refractivity contribution in [2.45, 2.75) is 38.4 Å². The van der Waals surface area contributed by atoms with Gasteiger partial charge in [-0.2, -0.15) is 13.2 Å². The van der Waals surface area contributed by atoms with Crippen LogP contribution in [-0.4, -0.2) is 84.6 Å². The van der Waals surface area contributed by atoms with E-state index in [0.717, 1.165) is 40.7 Å². The Bertz CT molecular complexity index is 1510. The number of carbonyl (C=O) groups is 4. The van der Waals surface area contributed by atoms with Gasteiger partial charge in [0.25, 0.3) is 0 Å². The van der Waals surface area contributed by atoms with E-state index in [1.54, 1.807) is 11.0 Å². The van der Waals surface area contributed by atoms with Gasteiger partial charge in [0.1, 0.15) is 6.04 Å². The molecule has 0 radical (unpaired) electrons. The van der Waals surface area contributed by atoms with E-state index in [4.69, 9.17) is 21.5 Å². The standard InChI is InChI=1S/C28H34ClN5O3.C2HF3O2/c1-17(23-13-31-24-8-6-5-7-22(23)24)27(32-26(36)14-30-18(2)35)28(37)34-16-19(15-33(3)4)11-20-12-21(29)9-10-25(20)34;3-2(4,5)1(6)7/h5-10,12-13,17,19,27,31H,11,14-16H2,1-4H3,(H,30,35)(H,32,36);(H,6,7)/t17?,19-,27?;/m1./s1. The van der Waals surface area contributed by atoms with Gasteiger partial charge in [-0.25, -0.2) is 4.79 Å². The summed E-state index contributed by atoms with van der Waals surface area (Å²) in [4.78, 5) is 54.6. The van der Waals surface area contributed by atoms with Crippen molar-refractivity contribution in [3.05, 3.63) is 64.8 Å². The number of benzene rings is 2. The molecule has 0 spiro atoms. The molecule has 0 aliphatic carbocycles. The van der Waals surface area contributed by atoms with Crippen LogP contribution >= 0.6 is 11.6 Å². The van der Waals surface area contributed by atoms with Crippen molar-refractivity contribution in [1.82, 2.24) is 20.5 Å². The predicted octanol–water partition coefficient (Wildman–Crippen LogP) is 3.95. The number of hydrogen-bond acceptors (Lipinski definition) is 5. The molecule has 4 N–H and O–H groups in total. The number of aliphatic carboxylic acids is 1. The first kappa shape index (κ1) is 34.4. The third-order valence-corrected chi connectivity index (χ3v) is 7.34. The zero-order chi connectivity index (χ0) is 32.8. The quantitative estimate of drug-likeness (QED) is 0.296. The summed E-state index contributed by atoms with van der Waals surface area (Å²) in [5.41, 5.74) is 3.73. The van der Waals surface area contributed by atoms with Crippen molar-refractivity contribution < 1.29 is 37.5 Å². The number of amides is 3. The van der Waals surface area contributed by atoms with Crippen molar-refractivity contribution in [3.8, 4) is 0 Å². The molecule has 3 aromatic rings. The molecule has 0 bridgehead atoms. The van der Waals surface area contributed by atoms with Crippen LogP contribution in [-0.2, 0) is 25.6 Å². The van der Waals surface area contributed by atoms with E-state index in [-0.39, 0.29) is 30.2 Å². The molecule has 2 heterocycles. The van der Waals surface area contributed by atoms with Gasteiger partial charge in [0, 0.05) is 53.7 Å². The van der Waals surface area contributed by atoms with Gasteiger partial charge in [0.15, 0.2) is 0 Å². The minimum atomic E-state index is -5.08. The summed E-state index contributed by atoms with van der Waals surface area (Å²) in [5, 5.41) is 14.2. The molecule has 10 nitrogen and oxygen atoms in total. The number of fused-ring (bicyclic) bond motifs is 2. The molecule has 1 aliphatic rings. The van der Waals surface area contributed by atoms with Crippen LogP contribution in [0.15, 0.2) is 48.7 Å². The van der Waals surface area contributed by atoms with Gasteiger partial charge < -0.3 is 30.5 Å². The van der Waals surface area contributed by atoms with E-state index in [1.165, 1.54) is 6.92 Å². The fraction of sp³-hybridized carbons (Fsp3) is 0.400. The third kappa shape index (κ3) is 8.96. The van der Waals surface area contributed by atoms with Crippen molar-refractivity contribution in [1.29, 1.82) is 0 Å². The molecule has 3 amide bonds. The summed E-state index contributed by atoms with van der Waals surface area (Å²) in [6.45, 7) is 4.44. The first-order valence-corrected chi connectivity index (χ1v) is 14.1. The number of alkyl halides is 3. The van der Waals surface area contributed by atoms with Gasteiger partial charge in [-0.3, -0.25) is 14.4 Å². The second kappa shape index (κ2) is 14.6. The fourth-order valence-corrected chi connectivity index (χ4v) is 5.40. The average molecular weight is 638 g/mol. The van der Waals surface area contributed by atoms with Crippen LogP contribution in [0.1, 0.15) is 30.9 Å². The van der Waals surface area contributed by atoms with E-state index in [2.05, 4.69) is 20.5 Å². The second-order valence-corrected chi connectivity index (χ2v) is 11.3. The molecule has 0 saturated carbocycles. The number of para-hydroxylation sites is 1. The van der Waals surface area contributed by atoms with E-state index >= 15 is 0 Å². The van der Waals surface area contributed by atoms with Gasteiger partial charge in [0.2, 0.25) is 17.7 Å². The fourth-order valence-electron chi connectivity index (χ4n) is 5.21. The summed E-state index contributed by atoms with van der Waals surface area (Å²) in [6.07, 6.45) is -2.37. The van der Waals surface area contributed by atoms with Gasteiger partial charge in [-0.1, -0.05) is 36.7 Å². The molecule has 238 valence electrons. The number of carboxylic acid groups (broad SMARTS) is 1. The largest absolute Gasteiger partial charge is 0.490 e. The Hall–Kier alpha value is -4.10. The number of aromatic nitrogens is 1. The SMILES string of the molecule is CC(=O)NCC(=O)NC(C(=O)N1C[C@@H](CN(C)C)Cc2cc(Cl)ccc21)C(C)c1c[nH]c2ccccc12.O=C(O)C(F)(F)F. The number of rotatable bonds is 8. The summed E-state index contributed by atoms with van der Waals surface area (Å²) in [7, 11) is 4.04. The average Bonchev–Trinajstić information content (AvgIpc) is 3.37. The molecule has 2 aromatic carbocycles. The van der Waals surface area contributed by atoms with Crippen LogP contribution < -0.4 is 15.5 Å². The van der Waals surface area contributed by atoms with Crippen molar-refractivity contribution in [3.63, 3.8) is 0 Å². The highest BCUT2D eigenvalue weighted by Crippen LogP contribution is 2.35. The van der Waals surface area contributed by atoms with Gasteiger partial charge in [0.05, 0.1) is 6.54 Å². The van der Waals surface area contributed by atoms with Gasteiger partial charge in [-0.15, -0.1) is 0 Å². The highest BCUT2D eigenvalue weighted by Gasteiger charge is 2.38. The molecule has 14 heteroatoms. The molecule has 2 unspecified atom stereocenters. The van der Waals surface area contributed by atoms with Crippen LogP contribution in [0.2, 0.25) is 5.02 Å². The first-order chi connectivity index (χ1) is 20.6. The minimum absolute atomic E-state index is 0.194. The number of halogens is 4. The zero-order valence-corrected chi connectivity index (χ0v) is 25.4. The van der Waals surface area contributed by atoms with Crippen LogP contribution in [0, 0.1) is 5.92 Å². The van der Waals surface area contributed by atoms with Crippen LogP contribution in [0.4, 0.5) is 18.9 Å². The lowest BCUT2D eigenvalue weighted by Gasteiger charge is -2.38. The van der Waals surface area contributed by atoms with E-state index in [9.17, 15) is 27.6 Å². The number of anilines is 1. The van der Waals surface area contributed by atoms with Crippen molar-refractivity contribution in [2.24, 2.45) is 5.92 Å². The molecule has 4 rings (SSSR count). The van der Waals surface area contributed by atoms with E-state index in [0.29, 0.717) is 11.6 Å². The molecular weight excluding hydrogens is 603 g/mol. The zero-order valence-electron chi connectivity index (χ0n) is 24.7. The maximum Gasteiger partial charge on any atom is 0.490 e. The molecule has 1 aromatic heterocycles. The van der Waals surface area contributed by atoms with Crippen LogP contribution in [0.5, 0.6) is 0 Å². The van der Waals surface area contributed by atoms with Crippen molar-refractivity contribution >= 4 is 51.9 Å². The highest BCUT2D eigenvalue weighted by molar-refractivity contribution is 6.30. The summed E-state index contributed by atoms with van der Waals surface area (Å²) in [5.74, 6) is -3.80. The Morgan fingerprint density at radius 1 is 1.16 bits per heavy atom. The molecule has 0 saturated heterocycles. The number of carbonyl (C=O) groups excluding carboxylic acids is 3. The lowest BCUT2D eigenvalue weighted by Crippen LogP contribution is -2.55. The normalized spacial score (nSPS) is 15.9. The maximum atomic E-state index is 14.3. The maximum absolute atomic E-state index is 14.3. The first-order valence-electron chi connectivity index (χ1n) is 13.7. The van der Waals surface area contributed by atoms with Gasteiger partial charge >= 0.3 is 12.1 Å². The molecule has 0 fully saturated rings. The second-order valence-electron chi connectivity index (χ2n) is 10.9. The monoisotopic (exact) mass is 637 g/mol. The summed E-state index contributed by atoms with van der Waals surface area (Å²) >= 11 is 6.31. The Balaban J connectivity index is 0.000000676. The number of aromatic amines is 1. The number of hydrogen-bond donors (Lipinski definition) is 4. The molecular formula is C30H35ClF3N5O5. The van der Waals surface area contributed by atoms with E-state index < -0.39 is 24.1 Å². The van der Waals surface area contributed by atoms with Crippen LogP contribution in [0.25, 0.3) is 10.9 Å². The van der Waals surface area contributed by atoms with Crippen molar-refractivity contribution in [2.75, 3.05) is 38.6 Å². The van der Waals surface area contributed by atoms with Crippen LogP contribution in [0.3, 0.4) is 0 Å². The van der Waals surface area contributed by atoms with E-state index in [1.807, 2.05) is 63.6 Å². The number of nitrogens with one attached hydrogen (secondary N) is 3. The van der Waals surface area contributed by atoms with Gasteiger partial charge in [-0.05, 0) is 61.8 Å². The smallest absolute Gasteiger partial charge is 0.475 e. The Morgan fingerprint density at radius 2 is 1.82 bits per heavy atom. The number of H-pyrrole nitrogens is 1. The topological polar surface area (TPSA) is 135 Å². The third-order valence-electron chi connectivity index (χ3n) is 7.11. The Kier molecular flexibility index (Phi) is 11.4. The Labute approximate surface area is 257 Å². The molecule has 1 aliphatic heterocycles. The number of nitrogens with zero attached hydrogens (tertiary/aromatic N) is 2.